The monoisotopic (exact) mass is 276 g/mol. The molecule has 1 aliphatic carbocycles. The predicted octanol–water partition coefficient (Wildman–Crippen LogP) is 2.01. The normalized spacial score (nSPS) is 15.8. The molecule has 1 amide bonds. The van der Waals surface area contributed by atoms with Crippen LogP contribution in [-0.2, 0) is 9.53 Å². The van der Waals surface area contributed by atoms with E-state index in [-0.39, 0.29) is 11.9 Å². The summed E-state index contributed by atoms with van der Waals surface area (Å²) in [7, 11) is 0. The standard InChI is InChI=1S/C16H24N2O2/c17-15(14-4-2-1-3-5-14)8-9-16(19)18-10-11-20-12-13-6-7-13/h1-5,13,15H,6-12,17H2,(H,18,19). The summed E-state index contributed by atoms with van der Waals surface area (Å²) in [5, 5.41) is 2.86. The van der Waals surface area contributed by atoms with Crippen LogP contribution in [0.4, 0.5) is 0 Å². The van der Waals surface area contributed by atoms with Crippen molar-refractivity contribution in [1.82, 2.24) is 5.32 Å². The first-order valence-corrected chi connectivity index (χ1v) is 7.40. The Morgan fingerprint density at radius 2 is 2.10 bits per heavy atom. The fourth-order valence-corrected chi connectivity index (χ4v) is 2.04. The number of ether oxygens (including phenoxy) is 1. The molecule has 0 heterocycles. The number of nitrogens with one attached hydrogen (secondary N) is 1. The highest BCUT2D eigenvalue weighted by Crippen LogP contribution is 2.28. The number of carbonyl (C=O) groups is 1. The van der Waals surface area contributed by atoms with Crippen molar-refractivity contribution < 1.29 is 9.53 Å². The lowest BCUT2D eigenvalue weighted by Crippen LogP contribution is -2.28. The van der Waals surface area contributed by atoms with E-state index in [9.17, 15) is 4.79 Å². The molecule has 0 saturated heterocycles. The minimum absolute atomic E-state index is 0.0476. The van der Waals surface area contributed by atoms with Gasteiger partial charge >= 0.3 is 0 Å². The Morgan fingerprint density at radius 1 is 1.35 bits per heavy atom. The zero-order valence-corrected chi connectivity index (χ0v) is 11.9. The molecule has 3 N–H and O–H groups in total. The molecule has 0 aromatic heterocycles. The van der Waals surface area contributed by atoms with Gasteiger partial charge in [-0.05, 0) is 30.7 Å². The fraction of sp³-hybridized carbons (Fsp3) is 0.562. The molecule has 1 aromatic carbocycles. The predicted molar refractivity (Wildman–Crippen MR) is 79.2 cm³/mol. The van der Waals surface area contributed by atoms with Crippen molar-refractivity contribution >= 4 is 5.91 Å². The smallest absolute Gasteiger partial charge is 0.220 e. The number of amides is 1. The summed E-state index contributed by atoms with van der Waals surface area (Å²) in [6, 6.07) is 9.81. The summed E-state index contributed by atoms with van der Waals surface area (Å²) in [5.41, 5.74) is 7.13. The van der Waals surface area contributed by atoms with E-state index in [1.54, 1.807) is 0 Å². The van der Waals surface area contributed by atoms with Crippen molar-refractivity contribution in [2.45, 2.75) is 31.7 Å². The summed E-state index contributed by atoms with van der Waals surface area (Å²) in [6.07, 6.45) is 3.71. The van der Waals surface area contributed by atoms with Gasteiger partial charge in [-0.15, -0.1) is 0 Å². The molecule has 1 saturated carbocycles. The average Bonchev–Trinajstić information content (AvgIpc) is 3.29. The van der Waals surface area contributed by atoms with Gasteiger partial charge in [-0.3, -0.25) is 4.79 Å². The van der Waals surface area contributed by atoms with Crippen LogP contribution in [0.3, 0.4) is 0 Å². The summed E-state index contributed by atoms with van der Waals surface area (Å²) >= 11 is 0. The first-order valence-electron chi connectivity index (χ1n) is 7.40. The quantitative estimate of drug-likeness (QED) is 0.678. The minimum Gasteiger partial charge on any atom is -0.379 e. The molecule has 0 aliphatic heterocycles. The van der Waals surface area contributed by atoms with E-state index in [4.69, 9.17) is 10.5 Å². The van der Waals surface area contributed by atoms with Gasteiger partial charge in [-0.2, -0.15) is 0 Å². The van der Waals surface area contributed by atoms with Gasteiger partial charge in [0.05, 0.1) is 6.61 Å². The Hall–Kier alpha value is -1.39. The second-order valence-corrected chi connectivity index (χ2v) is 5.42. The third-order valence-corrected chi connectivity index (χ3v) is 3.53. The van der Waals surface area contributed by atoms with Crippen LogP contribution in [0.1, 0.15) is 37.3 Å². The number of hydrogen-bond acceptors (Lipinski definition) is 3. The maximum Gasteiger partial charge on any atom is 0.220 e. The van der Waals surface area contributed by atoms with Gasteiger partial charge in [-0.1, -0.05) is 30.3 Å². The van der Waals surface area contributed by atoms with E-state index >= 15 is 0 Å². The van der Waals surface area contributed by atoms with Crippen LogP contribution in [0.2, 0.25) is 0 Å². The molecule has 0 spiro atoms. The number of benzene rings is 1. The molecule has 1 aliphatic rings. The first-order chi connectivity index (χ1) is 9.75. The second-order valence-electron chi connectivity index (χ2n) is 5.42. The van der Waals surface area contributed by atoms with Crippen LogP contribution >= 0.6 is 0 Å². The van der Waals surface area contributed by atoms with Gasteiger partial charge in [0.1, 0.15) is 0 Å². The van der Waals surface area contributed by atoms with Crippen molar-refractivity contribution in [3.8, 4) is 0 Å². The van der Waals surface area contributed by atoms with Gasteiger partial charge < -0.3 is 15.8 Å². The largest absolute Gasteiger partial charge is 0.379 e. The Morgan fingerprint density at radius 3 is 2.80 bits per heavy atom. The molecular weight excluding hydrogens is 252 g/mol. The van der Waals surface area contributed by atoms with Gasteiger partial charge in [0.2, 0.25) is 5.91 Å². The topological polar surface area (TPSA) is 64.4 Å². The molecule has 110 valence electrons. The average molecular weight is 276 g/mol. The van der Waals surface area contributed by atoms with E-state index in [1.807, 2.05) is 30.3 Å². The van der Waals surface area contributed by atoms with Crippen molar-refractivity contribution in [1.29, 1.82) is 0 Å². The molecule has 0 bridgehead atoms. The highest BCUT2D eigenvalue weighted by atomic mass is 16.5. The fourth-order valence-electron chi connectivity index (χ4n) is 2.04. The SMILES string of the molecule is NC(CCC(=O)NCCOCC1CC1)c1ccccc1. The Bertz CT molecular complexity index is 404. The van der Waals surface area contributed by atoms with Crippen LogP contribution in [0, 0.1) is 5.92 Å². The minimum atomic E-state index is -0.0759. The Kier molecular flexibility index (Phi) is 6.02. The molecule has 1 atom stereocenters. The van der Waals surface area contributed by atoms with Gasteiger partial charge in [0, 0.05) is 25.6 Å². The lowest BCUT2D eigenvalue weighted by Gasteiger charge is -2.12. The van der Waals surface area contributed by atoms with Crippen LogP contribution in [0.5, 0.6) is 0 Å². The molecule has 4 heteroatoms. The van der Waals surface area contributed by atoms with Crippen molar-refractivity contribution in [2.75, 3.05) is 19.8 Å². The molecule has 0 radical (unpaired) electrons. The van der Waals surface area contributed by atoms with Crippen LogP contribution in [-0.4, -0.2) is 25.7 Å². The lowest BCUT2D eigenvalue weighted by molar-refractivity contribution is -0.121. The maximum atomic E-state index is 11.7. The zero-order valence-electron chi connectivity index (χ0n) is 11.9. The molecular formula is C16H24N2O2. The molecule has 1 fully saturated rings. The van der Waals surface area contributed by atoms with Crippen LogP contribution in [0.15, 0.2) is 30.3 Å². The maximum absolute atomic E-state index is 11.7. The zero-order chi connectivity index (χ0) is 14.2. The highest BCUT2D eigenvalue weighted by molar-refractivity contribution is 5.75. The highest BCUT2D eigenvalue weighted by Gasteiger charge is 2.20. The molecule has 1 aromatic rings. The summed E-state index contributed by atoms with van der Waals surface area (Å²) < 4.78 is 5.46. The Labute approximate surface area is 120 Å². The van der Waals surface area contributed by atoms with Gasteiger partial charge in [-0.25, -0.2) is 0 Å². The van der Waals surface area contributed by atoms with E-state index < -0.39 is 0 Å². The Balaban J connectivity index is 1.52. The molecule has 2 rings (SSSR count). The third-order valence-electron chi connectivity index (χ3n) is 3.53. The number of hydrogen-bond donors (Lipinski definition) is 2. The van der Waals surface area contributed by atoms with E-state index in [2.05, 4.69) is 5.32 Å². The van der Waals surface area contributed by atoms with E-state index in [1.165, 1.54) is 12.8 Å². The summed E-state index contributed by atoms with van der Waals surface area (Å²) in [6.45, 7) is 2.04. The van der Waals surface area contributed by atoms with Crippen molar-refractivity contribution in [2.24, 2.45) is 11.7 Å². The van der Waals surface area contributed by atoms with Gasteiger partial charge in [0.25, 0.3) is 0 Å². The molecule has 4 nitrogen and oxygen atoms in total. The second kappa shape index (κ2) is 8.02. The lowest BCUT2D eigenvalue weighted by atomic mass is 10.0. The third kappa shape index (κ3) is 5.72. The number of nitrogens with two attached hydrogens (primary N) is 1. The summed E-state index contributed by atoms with van der Waals surface area (Å²) in [5.74, 6) is 0.820. The van der Waals surface area contributed by atoms with Gasteiger partial charge in [0.15, 0.2) is 0 Å². The first kappa shape index (κ1) is 15.0. The van der Waals surface area contributed by atoms with Crippen molar-refractivity contribution in [3.63, 3.8) is 0 Å². The number of carbonyl (C=O) groups excluding carboxylic acids is 1. The molecule has 1 unspecified atom stereocenters. The molecule has 20 heavy (non-hydrogen) atoms. The van der Waals surface area contributed by atoms with Crippen LogP contribution < -0.4 is 11.1 Å². The number of rotatable bonds is 9. The van der Waals surface area contributed by atoms with Crippen molar-refractivity contribution in [3.05, 3.63) is 35.9 Å². The van der Waals surface area contributed by atoms with Crippen LogP contribution in [0.25, 0.3) is 0 Å². The van der Waals surface area contributed by atoms with E-state index in [0.717, 1.165) is 18.1 Å². The summed E-state index contributed by atoms with van der Waals surface area (Å²) in [4.78, 5) is 11.7. The van der Waals surface area contributed by atoms with E-state index in [0.29, 0.717) is 26.0 Å².